The molecule has 0 spiro atoms. The van der Waals surface area contributed by atoms with Crippen LogP contribution in [0.25, 0.3) is 0 Å². The van der Waals surface area contributed by atoms with Crippen molar-refractivity contribution in [3.63, 3.8) is 0 Å². The molecule has 0 N–H and O–H groups in total. The van der Waals surface area contributed by atoms with Crippen LogP contribution in [0.5, 0.6) is 28.7 Å². The van der Waals surface area contributed by atoms with E-state index in [1.54, 1.807) is 21.3 Å². The third kappa shape index (κ3) is 5.05. The smallest absolute Gasteiger partial charge is 0.231 e. The van der Waals surface area contributed by atoms with E-state index in [-0.39, 0.29) is 0 Å². The lowest BCUT2D eigenvalue weighted by Crippen LogP contribution is -1.98. The number of ether oxygens (including phenoxy) is 5. The molecule has 0 bridgehead atoms. The summed E-state index contributed by atoms with van der Waals surface area (Å²) in [7, 11) is 5.03. The summed E-state index contributed by atoms with van der Waals surface area (Å²) in [6.45, 7) is 0.304. The second kappa shape index (κ2) is 9.65. The Balaban J connectivity index is 1.43. The normalized spacial score (nSPS) is 12.0. The van der Waals surface area contributed by atoms with Crippen LogP contribution in [-0.4, -0.2) is 28.1 Å². The van der Waals surface area contributed by atoms with Crippen molar-refractivity contribution in [1.82, 2.24) is 0 Å². The fraction of sp³-hybridized carbons (Fsp3) is 0.308. The van der Waals surface area contributed by atoms with E-state index in [2.05, 4.69) is 36.4 Å². The largest absolute Gasteiger partial charge is 0.497 e. The van der Waals surface area contributed by atoms with E-state index < -0.39 is 0 Å². The Kier molecular flexibility index (Phi) is 6.51. The zero-order valence-corrected chi connectivity index (χ0v) is 18.3. The number of hydrogen-bond acceptors (Lipinski definition) is 5. The molecule has 0 aliphatic carbocycles. The molecule has 1 aliphatic heterocycles. The lowest BCUT2D eigenvalue weighted by Gasteiger charge is -2.12. The van der Waals surface area contributed by atoms with Gasteiger partial charge >= 0.3 is 0 Å². The summed E-state index contributed by atoms with van der Waals surface area (Å²) >= 11 is 0. The van der Waals surface area contributed by atoms with Crippen molar-refractivity contribution in [2.45, 2.75) is 25.7 Å². The molecule has 1 heterocycles. The van der Waals surface area contributed by atoms with Gasteiger partial charge < -0.3 is 23.7 Å². The molecule has 4 rings (SSSR count). The topological polar surface area (TPSA) is 46.2 Å². The summed E-state index contributed by atoms with van der Waals surface area (Å²) in [5.74, 6) is 4.06. The maximum Gasteiger partial charge on any atom is 0.231 e. The Labute approximate surface area is 183 Å². The van der Waals surface area contributed by atoms with E-state index >= 15 is 0 Å². The number of aryl methyl sites for hydroxylation is 4. The van der Waals surface area contributed by atoms with Crippen molar-refractivity contribution in [2.24, 2.45) is 0 Å². The molecule has 1 aliphatic rings. The van der Waals surface area contributed by atoms with Crippen LogP contribution < -0.4 is 23.7 Å². The van der Waals surface area contributed by atoms with Crippen molar-refractivity contribution >= 4 is 0 Å². The van der Waals surface area contributed by atoms with Crippen molar-refractivity contribution in [3.05, 3.63) is 76.9 Å². The SMILES string of the molecule is COc1cc(CCc2ccc(OC)c(OC)c2)cc(CCc2ccc3c(c2)OCO3)c1. The molecule has 5 nitrogen and oxygen atoms in total. The van der Waals surface area contributed by atoms with Crippen molar-refractivity contribution < 1.29 is 23.7 Å². The van der Waals surface area contributed by atoms with Crippen LogP contribution in [0.1, 0.15) is 22.3 Å². The van der Waals surface area contributed by atoms with Crippen LogP contribution in [0.4, 0.5) is 0 Å². The second-order valence-corrected chi connectivity index (χ2v) is 7.57. The highest BCUT2D eigenvalue weighted by molar-refractivity contribution is 5.45. The first-order valence-electron chi connectivity index (χ1n) is 10.4. The van der Waals surface area contributed by atoms with E-state index in [4.69, 9.17) is 23.7 Å². The van der Waals surface area contributed by atoms with E-state index in [1.807, 2.05) is 18.2 Å². The number of rotatable bonds is 9. The zero-order chi connectivity index (χ0) is 21.6. The first kappa shape index (κ1) is 20.9. The standard InChI is InChI=1S/C26H28O5/c1-27-22-13-20(6-4-18-8-10-23(28-2)25(15-18)29-3)12-21(14-22)7-5-19-9-11-24-26(16-19)31-17-30-24/h8-16H,4-7,17H2,1-3H3. The van der Waals surface area contributed by atoms with Crippen LogP contribution in [0.15, 0.2) is 54.6 Å². The van der Waals surface area contributed by atoms with Gasteiger partial charge in [0.2, 0.25) is 6.79 Å². The van der Waals surface area contributed by atoms with Gasteiger partial charge in [-0.3, -0.25) is 0 Å². The fourth-order valence-electron chi connectivity index (χ4n) is 3.85. The molecule has 162 valence electrons. The van der Waals surface area contributed by atoms with Gasteiger partial charge in [0.25, 0.3) is 0 Å². The van der Waals surface area contributed by atoms with Gasteiger partial charge in [-0.05, 0) is 84.3 Å². The molecule has 0 aromatic heterocycles. The Morgan fingerprint density at radius 1 is 0.581 bits per heavy atom. The third-order valence-electron chi connectivity index (χ3n) is 5.55. The van der Waals surface area contributed by atoms with Crippen molar-refractivity contribution in [2.75, 3.05) is 28.1 Å². The highest BCUT2D eigenvalue weighted by Crippen LogP contribution is 2.33. The summed E-state index contributed by atoms with van der Waals surface area (Å²) < 4.78 is 27.2. The molecular formula is C26H28O5. The number of benzene rings is 3. The maximum absolute atomic E-state index is 5.55. The zero-order valence-electron chi connectivity index (χ0n) is 18.3. The minimum Gasteiger partial charge on any atom is -0.497 e. The van der Waals surface area contributed by atoms with Crippen molar-refractivity contribution in [3.8, 4) is 28.7 Å². The summed E-state index contributed by atoms with van der Waals surface area (Å²) in [4.78, 5) is 0. The van der Waals surface area contributed by atoms with Crippen LogP contribution in [0.3, 0.4) is 0 Å². The average molecular weight is 421 g/mol. The summed E-state index contributed by atoms with van der Waals surface area (Å²) in [5, 5.41) is 0. The molecule has 0 saturated heterocycles. The fourth-order valence-corrected chi connectivity index (χ4v) is 3.85. The molecule has 3 aromatic carbocycles. The number of methoxy groups -OCH3 is 3. The Hall–Kier alpha value is -3.34. The van der Waals surface area contributed by atoms with Gasteiger partial charge in [0, 0.05) is 0 Å². The molecular weight excluding hydrogens is 392 g/mol. The second-order valence-electron chi connectivity index (χ2n) is 7.57. The Bertz CT molecular complexity index is 1040. The van der Waals surface area contributed by atoms with Crippen molar-refractivity contribution in [1.29, 1.82) is 0 Å². The van der Waals surface area contributed by atoms with E-state index in [1.165, 1.54) is 22.3 Å². The van der Waals surface area contributed by atoms with Gasteiger partial charge in [-0.1, -0.05) is 18.2 Å². The van der Waals surface area contributed by atoms with E-state index in [0.29, 0.717) is 6.79 Å². The van der Waals surface area contributed by atoms with Gasteiger partial charge in [-0.2, -0.15) is 0 Å². The lowest BCUT2D eigenvalue weighted by atomic mass is 9.98. The third-order valence-corrected chi connectivity index (χ3v) is 5.55. The monoisotopic (exact) mass is 420 g/mol. The van der Waals surface area contributed by atoms with Crippen LogP contribution in [0.2, 0.25) is 0 Å². The molecule has 0 amide bonds. The summed E-state index contributed by atoms with van der Waals surface area (Å²) in [5.41, 5.74) is 4.97. The molecule has 0 atom stereocenters. The quantitative estimate of drug-likeness (QED) is 0.487. The minimum absolute atomic E-state index is 0.304. The van der Waals surface area contributed by atoms with Crippen LogP contribution in [0, 0.1) is 0 Å². The number of fused-ring (bicyclic) bond motifs is 1. The van der Waals surface area contributed by atoms with Gasteiger partial charge in [0.15, 0.2) is 23.0 Å². The molecule has 31 heavy (non-hydrogen) atoms. The Morgan fingerprint density at radius 3 is 1.87 bits per heavy atom. The lowest BCUT2D eigenvalue weighted by molar-refractivity contribution is 0.174. The molecule has 0 unspecified atom stereocenters. The highest BCUT2D eigenvalue weighted by atomic mass is 16.7. The van der Waals surface area contributed by atoms with Crippen LogP contribution >= 0.6 is 0 Å². The highest BCUT2D eigenvalue weighted by Gasteiger charge is 2.13. The molecule has 0 radical (unpaired) electrons. The van der Waals surface area contributed by atoms with E-state index in [0.717, 1.165) is 54.4 Å². The van der Waals surface area contributed by atoms with E-state index in [9.17, 15) is 0 Å². The van der Waals surface area contributed by atoms with Crippen LogP contribution in [-0.2, 0) is 25.7 Å². The first-order valence-corrected chi connectivity index (χ1v) is 10.4. The summed E-state index contributed by atoms with van der Waals surface area (Å²) in [6, 6.07) is 18.7. The molecule has 3 aromatic rings. The minimum atomic E-state index is 0.304. The van der Waals surface area contributed by atoms with Gasteiger partial charge in [0.05, 0.1) is 21.3 Å². The summed E-state index contributed by atoms with van der Waals surface area (Å²) in [6.07, 6.45) is 3.69. The maximum atomic E-state index is 5.55. The van der Waals surface area contributed by atoms with Gasteiger partial charge in [-0.25, -0.2) is 0 Å². The predicted molar refractivity (Wildman–Crippen MR) is 120 cm³/mol. The Morgan fingerprint density at radius 2 is 1.19 bits per heavy atom. The van der Waals surface area contributed by atoms with Gasteiger partial charge in [-0.15, -0.1) is 0 Å². The predicted octanol–water partition coefficient (Wildman–Crippen LogP) is 5.01. The molecule has 5 heteroatoms. The average Bonchev–Trinajstić information content (AvgIpc) is 3.29. The molecule has 0 fully saturated rings. The first-order chi connectivity index (χ1) is 15.2. The number of hydrogen-bond donors (Lipinski definition) is 0. The van der Waals surface area contributed by atoms with Gasteiger partial charge in [0.1, 0.15) is 5.75 Å². The molecule has 0 saturated carbocycles.